The van der Waals surface area contributed by atoms with Gasteiger partial charge in [-0.2, -0.15) is 0 Å². The van der Waals surface area contributed by atoms with E-state index in [0.29, 0.717) is 43.2 Å². The van der Waals surface area contributed by atoms with Crippen LogP contribution in [-0.2, 0) is 0 Å². The number of anilines is 1. The molecule has 1 atom stereocenters. The van der Waals surface area contributed by atoms with Gasteiger partial charge in [0, 0.05) is 31.9 Å². The van der Waals surface area contributed by atoms with Gasteiger partial charge in [0.2, 0.25) is 0 Å². The van der Waals surface area contributed by atoms with Crippen molar-refractivity contribution in [1.82, 2.24) is 15.1 Å². The summed E-state index contributed by atoms with van der Waals surface area (Å²) in [6.45, 7) is 2.17. The van der Waals surface area contributed by atoms with Gasteiger partial charge in [-0.15, -0.1) is 0 Å². The van der Waals surface area contributed by atoms with Crippen LogP contribution in [0.3, 0.4) is 0 Å². The normalized spacial score (nSPS) is 21.0. The summed E-state index contributed by atoms with van der Waals surface area (Å²) in [5.41, 5.74) is 6.75. The highest BCUT2D eigenvalue weighted by atomic mass is 16.5. The second-order valence-corrected chi connectivity index (χ2v) is 5.24. The summed E-state index contributed by atoms with van der Waals surface area (Å²) >= 11 is 0. The van der Waals surface area contributed by atoms with Crippen molar-refractivity contribution in [3.63, 3.8) is 0 Å². The molecule has 0 aromatic heterocycles. The summed E-state index contributed by atoms with van der Waals surface area (Å²) in [7, 11) is 1.53. The van der Waals surface area contributed by atoms with E-state index in [1.807, 2.05) is 0 Å². The van der Waals surface area contributed by atoms with Crippen LogP contribution in [0, 0.1) is 0 Å². The first kappa shape index (κ1) is 13.5. The lowest BCUT2D eigenvalue weighted by Crippen LogP contribution is -2.53. The molecule has 1 aromatic carbocycles. The van der Waals surface area contributed by atoms with Gasteiger partial charge in [-0.3, -0.25) is 4.79 Å². The number of fused-ring (bicyclic) bond motifs is 1. The van der Waals surface area contributed by atoms with Gasteiger partial charge >= 0.3 is 6.03 Å². The van der Waals surface area contributed by atoms with Crippen LogP contribution in [0.1, 0.15) is 10.4 Å². The Morgan fingerprint density at radius 1 is 1.43 bits per heavy atom. The second-order valence-electron chi connectivity index (χ2n) is 5.24. The van der Waals surface area contributed by atoms with Crippen LogP contribution in [0.25, 0.3) is 0 Å². The summed E-state index contributed by atoms with van der Waals surface area (Å²) in [5, 5.41) is 2.80. The minimum absolute atomic E-state index is 0.0438. The molecule has 2 fully saturated rings. The number of nitrogens with one attached hydrogen (secondary N) is 1. The number of amides is 3. The fourth-order valence-corrected chi connectivity index (χ4v) is 2.85. The Hall–Kier alpha value is -2.44. The molecule has 2 aliphatic heterocycles. The Labute approximate surface area is 122 Å². The average molecular weight is 290 g/mol. The van der Waals surface area contributed by atoms with Crippen molar-refractivity contribution in [2.24, 2.45) is 0 Å². The van der Waals surface area contributed by atoms with Gasteiger partial charge in [0.05, 0.1) is 18.7 Å². The van der Waals surface area contributed by atoms with Crippen LogP contribution in [0.4, 0.5) is 10.5 Å². The van der Waals surface area contributed by atoms with E-state index >= 15 is 0 Å². The van der Waals surface area contributed by atoms with Gasteiger partial charge in [-0.25, -0.2) is 4.79 Å². The van der Waals surface area contributed by atoms with Crippen molar-refractivity contribution in [2.45, 2.75) is 6.04 Å². The number of nitrogens with zero attached hydrogens (tertiary/aromatic N) is 2. The number of nitrogen functional groups attached to an aromatic ring is 1. The number of methoxy groups -OCH3 is 1. The van der Waals surface area contributed by atoms with Crippen molar-refractivity contribution < 1.29 is 14.3 Å². The monoisotopic (exact) mass is 290 g/mol. The second kappa shape index (κ2) is 5.16. The lowest BCUT2D eigenvalue weighted by atomic mass is 10.1. The summed E-state index contributed by atoms with van der Waals surface area (Å²) < 4.78 is 5.24. The molecule has 0 radical (unpaired) electrons. The van der Waals surface area contributed by atoms with E-state index in [-0.39, 0.29) is 18.0 Å². The zero-order valence-electron chi connectivity index (χ0n) is 11.8. The zero-order chi connectivity index (χ0) is 15.0. The molecular formula is C14H18N4O3. The third kappa shape index (κ3) is 2.35. The molecular weight excluding hydrogens is 272 g/mol. The van der Waals surface area contributed by atoms with Gasteiger partial charge < -0.3 is 25.6 Å². The fraction of sp³-hybridized carbons (Fsp3) is 0.429. The number of hydrogen-bond donors (Lipinski definition) is 2. The topological polar surface area (TPSA) is 87.9 Å². The van der Waals surface area contributed by atoms with Gasteiger partial charge in [0.25, 0.3) is 5.91 Å². The molecule has 2 aliphatic rings. The molecule has 2 heterocycles. The molecule has 0 aliphatic carbocycles. The predicted molar refractivity (Wildman–Crippen MR) is 77.2 cm³/mol. The number of hydrogen-bond acceptors (Lipinski definition) is 4. The van der Waals surface area contributed by atoms with Crippen LogP contribution < -0.4 is 15.8 Å². The van der Waals surface area contributed by atoms with Crippen LogP contribution in [0.15, 0.2) is 18.2 Å². The van der Waals surface area contributed by atoms with E-state index in [1.54, 1.807) is 28.0 Å². The Morgan fingerprint density at radius 3 is 3.00 bits per heavy atom. The number of piperazine rings is 1. The molecule has 3 rings (SSSR count). The maximum atomic E-state index is 12.7. The van der Waals surface area contributed by atoms with Gasteiger partial charge in [-0.05, 0) is 18.2 Å². The Morgan fingerprint density at radius 2 is 2.24 bits per heavy atom. The summed E-state index contributed by atoms with van der Waals surface area (Å²) in [4.78, 5) is 27.8. The van der Waals surface area contributed by atoms with Crippen LogP contribution in [0.5, 0.6) is 5.75 Å². The standard InChI is InChI=1S/C14H18N4O3/c1-21-12-3-2-9(15)6-11(12)13(19)17-4-5-18-10(8-17)7-16-14(18)20/h2-3,6,10H,4-5,7-8,15H2,1H3,(H,16,20). The molecule has 112 valence electrons. The Balaban J connectivity index is 1.80. The fourth-order valence-electron chi connectivity index (χ4n) is 2.85. The van der Waals surface area contributed by atoms with Gasteiger partial charge in [0.1, 0.15) is 5.75 Å². The van der Waals surface area contributed by atoms with Crippen LogP contribution in [-0.4, -0.2) is 61.1 Å². The van der Waals surface area contributed by atoms with Crippen LogP contribution in [0.2, 0.25) is 0 Å². The number of benzene rings is 1. The molecule has 1 aromatic rings. The number of rotatable bonds is 2. The van der Waals surface area contributed by atoms with E-state index in [1.165, 1.54) is 7.11 Å². The molecule has 21 heavy (non-hydrogen) atoms. The highest BCUT2D eigenvalue weighted by molar-refractivity contribution is 5.98. The quantitative estimate of drug-likeness (QED) is 0.758. The number of nitrogens with two attached hydrogens (primary N) is 1. The van der Waals surface area contributed by atoms with Crippen molar-refractivity contribution in [2.75, 3.05) is 39.0 Å². The summed E-state index contributed by atoms with van der Waals surface area (Å²) in [5.74, 6) is 0.399. The maximum Gasteiger partial charge on any atom is 0.317 e. The molecule has 7 nitrogen and oxygen atoms in total. The minimum atomic E-state index is -0.113. The van der Waals surface area contributed by atoms with E-state index < -0.39 is 0 Å². The van der Waals surface area contributed by atoms with Crippen LogP contribution >= 0.6 is 0 Å². The molecule has 1 unspecified atom stereocenters. The van der Waals surface area contributed by atoms with Crippen molar-refractivity contribution >= 4 is 17.6 Å². The summed E-state index contributed by atoms with van der Waals surface area (Å²) in [6, 6.07) is 5.02. The highest BCUT2D eigenvalue weighted by Crippen LogP contribution is 2.24. The third-order valence-corrected chi connectivity index (χ3v) is 3.97. The SMILES string of the molecule is COc1ccc(N)cc1C(=O)N1CCN2C(=O)NCC2C1. The molecule has 3 N–H and O–H groups in total. The molecule has 3 amide bonds. The lowest BCUT2D eigenvalue weighted by Gasteiger charge is -2.36. The van der Waals surface area contributed by atoms with Crippen molar-refractivity contribution in [3.8, 4) is 5.75 Å². The maximum absolute atomic E-state index is 12.7. The lowest BCUT2D eigenvalue weighted by molar-refractivity contribution is 0.0614. The number of carbonyl (C=O) groups is 2. The molecule has 0 saturated carbocycles. The number of carbonyl (C=O) groups excluding carboxylic acids is 2. The van der Waals surface area contributed by atoms with E-state index in [9.17, 15) is 9.59 Å². The molecule has 2 saturated heterocycles. The predicted octanol–water partition coefficient (Wildman–Crippen LogP) is 0.127. The smallest absolute Gasteiger partial charge is 0.317 e. The third-order valence-electron chi connectivity index (χ3n) is 3.97. The first-order valence-electron chi connectivity index (χ1n) is 6.87. The average Bonchev–Trinajstić information content (AvgIpc) is 2.87. The van der Waals surface area contributed by atoms with E-state index in [2.05, 4.69) is 5.32 Å². The zero-order valence-corrected chi connectivity index (χ0v) is 11.8. The number of ether oxygens (including phenoxy) is 1. The van der Waals surface area contributed by atoms with Crippen molar-refractivity contribution in [3.05, 3.63) is 23.8 Å². The largest absolute Gasteiger partial charge is 0.496 e. The highest BCUT2D eigenvalue weighted by Gasteiger charge is 2.37. The Bertz CT molecular complexity index is 590. The van der Waals surface area contributed by atoms with Gasteiger partial charge in [0.15, 0.2) is 0 Å². The first-order valence-corrected chi connectivity index (χ1v) is 6.87. The Kier molecular flexibility index (Phi) is 3.32. The minimum Gasteiger partial charge on any atom is -0.496 e. The number of urea groups is 1. The van der Waals surface area contributed by atoms with E-state index in [0.717, 1.165) is 0 Å². The van der Waals surface area contributed by atoms with E-state index in [4.69, 9.17) is 10.5 Å². The van der Waals surface area contributed by atoms with Crippen molar-refractivity contribution in [1.29, 1.82) is 0 Å². The first-order chi connectivity index (χ1) is 10.1. The van der Waals surface area contributed by atoms with Gasteiger partial charge in [-0.1, -0.05) is 0 Å². The molecule has 7 heteroatoms. The molecule has 0 bridgehead atoms. The summed E-state index contributed by atoms with van der Waals surface area (Å²) in [6.07, 6.45) is 0. The molecule has 0 spiro atoms.